The highest BCUT2D eigenvalue weighted by molar-refractivity contribution is 5.78. The van der Waals surface area contributed by atoms with E-state index in [2.05, 4.69) is 55.0 Å². The Balaban J connectivity index is 1.19. The Labute approximate surface area is 167 Å². The number of hydrogen-bond acceptors (Lipinski definition) is 5. The molecule has 6 heteroatoms. The lowest BCUT2D eigenvalue weighted by Gasteiger charge is -2.37. The molecule has 1 aromatic carbocycles. The zero-order valence-corrected chi connectivity index (χ0v) is 16.4. The van der Waals surface area contributed by atoms with Crippen molar-refractivity contribution in [1.29, 1.82) is 0 Å². The summed E-state index contributed by atoms with van der Waals surface area (Å²) in [6, 6.07) is 10.7. The van der Waals surface area contributed by atoms with Gasteiger partial charge >= 0.3 is 0 Å². The molecule has 0 radical (unpaired) electrons. The minimum atomic E-state index is 0.283. The molecule has 2 fully saturated rings. The standard InChI is InChI=1S/C22H29N5O/c28-22(18-25-12-14-26(15-13-25)21-17-23-8-9-24-21)27-10-6-20(7-11-27)16-19-4-2-1-3-5-19/h1-5,8-9,17,20H,6-7,10-16,18H2. The van der Waals surface area contributed by atoms with Gasteiger partial charge in [0.1, 0.15) is 5.82 Å². The smallest absolute Gasteiger partial charge is 0.236 e. The maximum absolute atomic E-state index is 12.7. The van der Waals surface area contributed by atoms with Crippen LogP contribution in [0.4, 0.5) is 5.82 Å². The maximum atomic E-state index is 12.7. The Hall–Kier alpha value is -2.47. The molecule has 0 N–H and O–H groups in total. The molecular weight excluding hydrogens is 350 g/mol. The van der Waals surface area contributed by atoms with Crippen LogP contribution in [0.5, 0.6) is 0 Å². The third kappa shape index (κ3) is 4.87. The molecule has 4 rings (SSSR count). The van der Waals surface area contributed by atoms with Gasteiger partial charge in [0.25, 0.3) is 0 Å². The van der Waals surface area contributed by atoms with Crippen LogP contribution in [0.15, 0.2) is 48.9 Å². The molecule has 0 unspecified atom stereocenters. The summed E-state index contributed by atoms with van der Waals surface area (Å²) in [5.74, 6) is 1.90. The Morgan fingerprint density at radius 1 is 0.964 bits per heavy atom. The van der Waals surface area contributed by atoms with Crippen LogP contribution in [-0.4, -0.2) is 71.5 Å². The van der Waals surface area contributed by atoms with Gasteiger partial charge < -0.3 is 9.80 Å². The van der Waals surface area contributed by atoms with Crippen LogP contribution >= 0.6 is 0 Å². The summed E-state index contributed by atoms with van der Waals surface area (Å²) in [6.07, 6.45) is 8.59. The number of piperidine rings is 1. The van der Waals surface area contributed by atoms with Gasteiger partial charge in [0.15, 0.2) is 0 Å². The van der Waals surface area contributed by atoms with E-state index in [0.717, 1.165) is 64.3 Å². The summed E-state index contributed by atoms with van der Waals surface area (Å²) in [5.41, 5.74) is 1.41. The van der Waals surface area contributed by atoms with Crippen LogP contribution in [0.25, 0.3) is 0 Å². The maximum Gasteiger partial charge on any atom is 0.236 e. The van der Waals surface area contributed by atoms with Crippen molar-refractivity contribution in [2.24, 2.45) is 5.92 Å². The van der Waals surface area contributed by atoms with Crippen molar-refractivity contribution < 1.29 is 4.79 Å². The third-order valence-corrected chi connectivity index (χ3v) is 5.94. The van der Waals surface area contributed by atoms with E-state index in [1.807, 2.05) is 0 Å². The van der Waals surface area contributed by atoms with Gasteiger partial charge in [-0.05, 0) is 30.7 Å². The van der Waals surface area contributed by atoms with E-state index in [-0.39, 0.29) is 5.91 Å². The number of rotatable bonds is 5. The van der Waals surface area contributed by atoms with Gasteiger partial charge in [-0.2, -0.15) is 0 Å². The average Bonchev–Trinajstić information content (AvgIpc) is 2.76. The highest BCUT2D eigenvalue weighted by atomic mass is 16.2. The topological polar surface area (TPSA) is 52.6 Å². The number of aromatic nitrogens is 2. The number of anilines is 1. The first kappa shape index (κ1) is 18.9. The number of carbonyl (C=O) groups excluding carboxylic acids is 1. The van der Waals surface area contributed by atoms with Gasteiger partial charge in [0, 0.05) is 51.7 Å². The van der Waals surface area contributed by atoms with E-state index in [1.165, 1.54) is 5.56 Å². The van der Waals surface area contributed by atoms with Crippen LogP contribution < -0.4 is 4.90 Å². The largest absolute Gasteiger partial charge is 0.353 e. The van der Waals surface area contributed by atoms with Crippen molar-refractivity contribution in [2.75, 3.05) is 50.7 Å². The second kappa shape index (κ2) is 9.15. The molecule has 0 aliphatic carbocycles. The second-order valence-electron chi connectivity index (χ2n) is 7.84. The fourth-order valence-corrected chi connectivity index (χ4v) is 4.21. The van der Waals surface area contributed by atoms with Gasteiger partial charge in [0.2, 0.25) is 5.91 Å². The molecule has 148 valence electrons. The van der Waals surface area contributed by atoms with E-state index in [4.69, 9.17) is 0 Å². The molecule has 3 heterocycles. The Morgan fingerprint density at radius 2 is 1.71 bits per heavy atom. The fraction of sp³-hybridized carbons (Fsp3) is 0.500. The SMILES string of the molecule is O=C(CN1CCN(c2cnccn2)CC1)N1CCC(Cc2ccccc2)CC1. The fourth-order valence-electron chi connectivity index (χ4n) is 4.21. The highest BCUT2D eigenvalue weighted by Gasteiger charge is 2.26. The number of carbonyl (C=O) groups is 1. The molecule has 6 nitrogen and oxygen atoms in total. The summed E-state index contributed by atoms with van der Waals surface area (Å²) in [7, 11) is 0. The molecule has 0 bridgehead atoms. The Morgan fingerprint density at radius 3 is 2.39 bits per heavy atom. The third-order valence-electron chi connectivity index (χ3n) is 5.94. The van der Waals surface area contributed by atoms with E-state index in [1.54, 1.807) is 18.6 Å². The van der Waals surface area contributed by atoms with Crippen molar-refractivity contribution in [3.63, 3.8) is 0 Å². The van der Waals surface area contributed by atoms with Crippen LogP contribution in [0, 0.1) is 5.92 Å². The molecule has 0 saturated carbocycles. The summed E-state index contributed by atoms with van der Waals surface area (Å²) >= 11 is 0. The van der Waals surface area contributed by atoms with Crippen LogP contribution in [0.3, 0.4) is 0 Å². The van der Waals surface area contributed by atoms with E-state index < -0.39 is 0 Å². The summed E-state index contributed by atoms with van der Waals surface area (Å²) < 4.78 is 0. The van der Waals surface area contributed by atoms with Crippen LogP contribution in [-0.2, 0) is 11.2 Å². The normalized spacial score (nSPS) is 19.0. The first-order valence-corrected chi connectivity index (χ1v) is 10.3. The van der Waals surface area contributed by atoms with Gasteiger partial charge in [-0.1, -0.05) is 30.3 Å². The number of amides is 1. The zero-order valence-electron chi connectivity index (χ0n) is 16.4. The lowest BCUT2D eigenvalue weighted by molar-refractivity contribution is -0.133. The van der Waals surface area contributed by atoms with Gasteiger partial charge in [-0.3, -0.25) is 14.7 Å². The van der Waals surface area contributed by atoms with E-state index in [9.17, 15) is 4.79 Å². The predicted octanol–water partition coefficient (Wildman–Crippen LogP) is 2.08. The molecular formula is C22H29N5O. The molecule has 2 saturated heterocycles. The first-order chi connectivity index (χ1) is 13.8. The number of likely N-dealkylation sites (tertiary alicyclic amines) is 1. The number of benzene rings is 1. The molecule has 2 aromatic rings. The van der Waals surface area contributed by atoms with Crippen molar-refractivity contribution in [2.45, 2.75) is 19.3 Å². The predicted molar refractivity (Wildman–Crippen MR) is 110 cm³/mol. The van der Waals surface area contributed by atoms with Gasteiger partial charge in [-0.25, -0.2) is 4.98 Å². The zero-order chi connectivity index (χ0) is 19.2. The molecule has 0 spiro atoms. The van der Waals surface area contributed by atoms with Gasteiger partial charge in [0.05, 0.1) is 12.7 Å². The second-order valence-corrected chi connectivity index (χ2v) is 7.84. The molecule has 2 aliphatic heterocycles. The van der Waals surface area contributed by atoms with Crippen molar-refractivity contribution >= 4 is 11.7 Å². The summed E-state index contributed by atoms with van der Waals surface area (Å²) in [6.45, 7) is 5.92. The molecule has 1 aromatic heterocycles. The number of hydrogen-bond donors (Lipinski definition) is 0. The van der Waals surface area contributed by atoms with Crippen LogP contribution in [0.2, 0.25) is 0 Å². The lowest BCUT2D eigenvalue weighted by Crippen LogP contribution is -2.51. The Kier molecular flexibility index (Phi) is 6.17. The van der Waals surface area contributed by atoms with Crippen LogP contribution in [0.1, 0.15) is 18.4 Å². The average molecular weight is 380 g/mol. The van der Waals surface area contributed by atoms with Crippen molar-refractivity contribution in [3.05, 3.63) is 54.5 Å². The van der Waals surface area contributed by atoms with Crippen molar-refractivity contribution in [1.82, 2.24) is 19.8 Å². The highest BCUT2D eigenvalue weighted by Crippen LogP contribution is 2.22. The summed E-state index contributed by atoms with van der Waals surface area (Å²) in [5, 5.41) is 0. The monoisotopic (exact) mass is 379 g/mol. The first-order valence-electron chi connectivity index (χ1n) is 10.3. The lowest BCUT2D eigenvalue weighted by atomic mass is 9.90. The van der Waals surface area contributed by atoms with E-state index in [0.29, 0.717) is 12.5 Å². The quantitative estimate of drug-likeness (QED) is 0.796. The minimum absolute atomic E-state index is 0.283. The van der Waals surface area contributed by atoms with Gasteiger partial charge in [-0.15, -0.1) is 0 Å². The summed E-state index contributed by atoms with van der Waals surface area (Å²) in [4.78, 5) is 27.8. The minimum Gasteiger partial charge on any atom is -0.353 e. The number of piperazine rings is 1. The molecule has 0 atom stereocenters. The molecule has 28 heavy (non-hydrogen) atoms. The van der Waals surface area contributed by atoms with Crippen molar-refractivity contribution in [3.8, 4) is 0 Å². The Bertz CT molecular complexity index is 738. The molecule has 2 aliphatic rings. The van der Waals surface area contributed by atoms with E-state index >= 15 is 0 Å². The number of nitrogens with zero attached hydrogens (tertiary/aromatic N) is 5. The molecule has 1 amide bonds.